The first-order valence-electron chi connectivity index (χ1n) is 8.23. The quantitative estimate of drug-likeness (QED) is 0.788. The number of hydrogen-bond acceptors (Lipinski definition) is 2. The number of carbonyl (C=O) groups is 2. The molecule has 0 atom stereocenters. The number of carbonyl (C=O) groups excluding carboxylic acids is 2. The van der Waals surface area contributed by atoms with E-state index in [2.05, 4.69) is 17.5 Å². The van der Waals surface area contributed by atoms with E-state index < -0.39 is 0 Å². The predicted molar refractivity (Wildman–Crippen MR) is 80.8 cm³/mol. The van der Waals surface area contributed by atoms with Crippen molar-refractivity contribution in [3.63, 3.8) is 0 Å². The third-order valence-electron chi connectivity index (χ3n) is 4.87. The van der Waals surface area contributed by atoms with Gasteiger partial charge in [0.2, 0.25) is 5.91 Å². The molecule has 3 rings (SSSR count). The van der Waals surface area contributed by atoms with Gasteiger partial charge in [0.05, 0.1) is 0 Å². The van der Waals surface area contributed by atoms with Crippen LogP contribution in [0.4, 0.5) is 4.79 Å². The fourth-order valence-electron chi connectivity index (χ4n) is 3.47. The lowest BCUT2D eigenvalue weighted by atomic mass is 10.0. The van der Waals surface area contributed by atoms with Crippen LogP contribution in [0.2, 0.25) is 0 Å². The van der Waals surface area contributed by atoms with Crippen LogP contribution in [-0.2, 0) is 4.79 Å². The zero-order chi connectivity index (χ0) is 14.7. The first-order valence-corrected chi connectivity index (χ1v) is 8.23. The second-order valence-corrected chi connectivity index (χ2v) is 6.39. The van der Waals surface area contributed by atoms with Gasteiger partial charge >= 0.3 is 6.03 Å². The Bertz CT molecular complexity index is 413. The number of nitrogens with zero attached hydrogens (tertiary/aromatic N) is 2. The maximum Gasteiger partial charge on any atom is 0.319 e. The van der Waals surface area contributed by atoms with Crippen molar-refractivity contribution in [2.45, 2.75) is 44.6 Å². The molecule has 0 radical (unpaired) electrons. The maximum absolute atomic E-state index is 12.3. The second-order valence-electron chi connectivity index (χ2n) is 6.39. The Morgan fingerprint density at radius 1 is 0.905 bits per heavy atom. The molecule has 0 aromatic heterocycles. The molecule has 116 valence electrons. The molecule has 0 saturated carbocycles. The molecule has 0 aromatic rings. The molecule has 2 aliphatic heterocycles. The average Bonchev–Trinajstić information content (AvgIpc) is 3.20. The van der Waals surface area contributed by atoms with Crippen LogP contribution in [0.5, 0.6) is 0 Å². The number of likely N-dealkylation sites (tertiary alicyclic amines) is 2. The molecule has 5 heteroatoms. The Morgan fingerprint density at radius 2 is 1.48 bits per heavy atom. The van der Waals surface area contributed by atoms with Crippen molar-refractivity contribution in [2.75, 3.05) is 26.2 Å². The molecule has 2 saturated heterocycles. The van der Waals surface area contributed by atoms with E-state index in [4.69, 9.17) is 0 Å². The smallest absolute Gasteiger partial charge is 0.319 e. The van der Waals surface area contributed by atoms with E-state index in [0.29, 0.717) is 0 Å². The fraction of sp³-hybridized carbons (Fsp3) is 0.750. The summed E-state index contributed by atoms with van der Waals surface area (Å²) in [5.41, 5.74) is 0. The molecule has 1 N–H and O–H groups in total. The molecule has 2 fully saturated rings. The molecule has 5 nitrogen and oxygen atoms in total. The number of nitrogens with one attached hydrogen (secondary N) is 1. The lowest BCUT2D eigenvalue weighted by Crippen LogP contribution is -2.50. The number of rotatable bonds is 2. The SMILES string of the molecule is O=C(NC1CCN(C(=O)N2CCCC2)CC1)C1CC=CC1. The standard InChI is InChI=1S/C16H25N3O2/c20-15(13-5-1-2-6-13)17-14-7-11-19(12-8-14)16(21)18-9-3-4-10-18/h1-2,13-14H,3-12H2,(H,17,20). The van der Waals surface area contributed by atoms with Crippen molar-refractivity contribution in [1.29, 1.82) is 0 Å². The van der Waals surface area contributed by atoms with Gasteiger partial charge < -0.3 is 15.1 Å². The van der Waals surface area contributed by atoms with Gasteiger partial charge in [-0.15, -0.1) is 0 Å². The van der Waals surface area contributed by atoms with Gasteiger partial charge in [-0.05, 0) is 38.5 Å². The lowest BCUT2D eigenvalue weighted by Gasteiger charge is -2.35. The fourth-order valence-corrected chi connectivity index (χ4v) is 3.47. The number of piperidine rings is 1. The molecule has 0 unspecified atom stereocenters. The monoisotopic (exact) mass is 291 g/mol. The average molecular weight is 291 g/mol. The van der Waals surface area contributed by atoms with Gasteiger partial charge in [-0.1, -0.05) is 12.2 Å². The number of urea groups is 1. The normalized spacial score (nSPS) is 23.8. The summed E-state index contributed by atoms with van der Waals surface area (Å²) < 4.78 is 0. The van der Waals surface area contributed by atoms with Gasteiger partial charge in [-0.25, -0.2) is 4.79 Å². The number of allylic oxidation sites excluding steroid dienone is 2. The highest BCUT2D eigenvalue weighted by molar-refractivity contribution is 5.80. The Balaban J connectivity index is 1.42. The highest BCUT2D eigenvalue weighted by Crippen LogP contribution is 2.20. The van der Waals surface area contributed by atoms with E-state index in [1.165, 1.54) is 0 Å². The third-order valence-corrected chi connectivity index (χ3v) is 4.87. The highest BCUT2D eigenvalue weighted by atomic mass is 16.2. The van der Waals surface area contributed by atoms with Gasteiger partial charge in [-0.3, -0.25) is 4.79 Å². The van der Waals surface area contributed by atoms with E-state index in [1.807, 2.05) is 9.80 Å². The van der Waals surface area contributed by atoms with Crippen LogP contribution in [0.3, 0.4) is 0 Å². The predicted octanol–water partition coefficient (Wildman–Crippen LogP) is 1.75. The summed E-state index contributed by atoms with van der Waals surface area (Å²) in [5, 5.41) is 3.16. The molecule has 1 aliphatic carbocycles. The van der Waals surface area contributed by atoms with Crippen LogP contribution in [0.1, 0.15) is 38.5 Å². The molecule has 3 amide bonds. The topological polar surface area (TPSA) is 52.7 Å². The van der Waals surface area contributed by atoms with Gasteiger partial charge in [0, 0.05) is 38.1 Å². The highest BCUT2D eigenvalue weighted by Gasteiger charge is 2.29. The van der Waals surface area contributed by atoms with Gasteiger partial charge in [0.15, 0.2) is 0 Å². The largest absolute Gasteiger partial charge is 0.353 e. The first-order chi connectivity index (χ1) is 10.2. The summed E-state index contributed by atoms with van der Waals surface area (Å²) in [7, 11) is 0. The van der Waals surface area contributed by atoms with Gasteiger partial charge in [-0.2, -0.15) is 0 Å². The molecule has 0 aromatic carbocycles. The van der Waals surface area contributed by atoms with Crippen molar-refractivity contribution >= 4 is 11.9 Å². The zero-order valence-electron chi connectivity index (χ0n) is 12.6. The van der Waals surface area contributed by atoms with Crippen molar-refractivity contribution < 1.29 is 9.59 Å². The van der Waals surface area contributed by atoms with Crippen LogP contribution >= 0.6 is 0 Å². The van der Waals surface area contributed by atoms with E-state index in [0.717, 1.165) is 64.7 Å². The zero-order valence-corrected chi connectivity index (χ0v) is 12.6. The molecule has 3 aliphatic rings. The Kier molecular flexibility index (Phi) is 4.46. The minimum absolute atomic E-state index is 0.134. The minimum Gasteiger partial charge on any atom is -0.353 e. The summed E-state index contributed by atoms with van der Waals surface area (Å²) in [4.78, 5) is 28.3. The van der Waals surface area contributed by atoms with Crippen molar-refractivity contribution in [3.8, 4) is 0 Å². The van der Waals surface area contributed by atoms with Crippen molar-refractivity contribution in [3.05, 3.63) is 12.2 Å². The molecule has 2 heterocycles. The van der Waals surface area contributed by atoms with Crippen LogP contribution in [0, 0.1) is 5.92 Å². The van der Waals surface area contributed by atoms with Crippen LogP contribution in [-0.4, -0.2) is 54.0 Å². The molecular formula is C16H25N3O2. The summed E-state index contributed by atoms with van der Waals surface area (Å²) in [6.07, 6.45) is 9.94. The lowest BCUT2D eigenvalue weighted by molar-refractivity contribution is -0.125. The van der Waals surface area contributed by atoms with Crippen molar-refractivity contribution in [1.82, 2.24) is 15.1 Å². The van der Waals surface area contributed by atoms with Crippen LogP contribution in [0.25, 0.3) is 0 Å². The van der Waals surface area contributed by atoms with Crippen LogP contribution < -0.4 is 5.32 Å². The number of amides is 3. The first kappa shape index (κ1) is 14.4. The molecule has 0 spiro atoms. The molecule has 21 heavy (non-hydrogen) atoms. The summed E-state index contributed by atoms with van der Waals surface area (Å²) >= 11 is 0. The Hall–Kier alpha value is -1.52. The Morgan fingerprint density at radius 3 is 2.10 bits per heavy atom. The third kappa shape index (κ3) is 3.39. The van der Waals surface area contributed by atoms with Crippen molar-refractivity contribution in [2.24, 2.45) is 5.92 Å². The van der Waals surface area contributed by atoms with Crippen LogP contribution in [0.15, 0.2) is 12.2 Å². The van der Waals surface area contributed by atoms with E-state index in [9.17, 15) is 9.59 Å². The summed E-state index contributed by atoms with van der Waals surface area (Å²) in [5.74, 6) is 0.318. The molecular weight excluding hydrogens is 266 g/mol. The second kappa shape index (κ2) is 6.50. The van der Waals surface area contributed by atoms with E-state index >= 15 is 0 Å². The van der Waals surface area contributed by atoms with Gasteiger partial charge in [0.25, 0.3) is 0 Å². The number of hydrogen-bond donors (Lipinski definition) is 1. The Labute approximate surface area is 126 Å². The summed E-state index contributed by atoms with van der Waals surface area (Å²) in [6.45, 7) is 3.35. The maximum atomic E-state index is 12.3. The van der Waals surface area contributed by atoms with Gasteiger partial charge in [0.1, 0.15) is 0 Å². The van der Waals surface area contributed by atoms with E-state index in [1.54, 1.807) is 0 Å². The summed E-state index contributed by atoms with van der Waals surface area (Å²) in [6, 6.07) is 0.429. The van der Waals surface area contributed by atoms with E-state index in [-0.39, 0.29) is 23.9 Å². The molecule has 0 bridgehead atoms. The minimum atomic E-state index is 0.134.